The van der Waals surface area contributed by atoms with Crippen molar-refractivity contribution in [1.29, 1.82) is 0 Å². The molecule has 0 saturated carbocycles. The molecule has 1 fully saturated rings. The number of likely N-dealkylation sites (tertiary alicyclic amines) is 1. The van der Waals surface area contributed by atoms with Gasteiger partial charge in [-0.25, -0.2) is 19.3 Å². The molecule has 0 radical (unpaired) electrons. The Hall–Kier alpha value is -3.17. The number of aromatic nitrogens is 4. The van der Waals surface area contributed by atoms with E-state index in [4.69, 9.17) is 10.5 Å². The minimum Gasteiger partial charge on any atom is -0.490 e. The van der Waals surface area contributed by atoms with Crippen molar-refractivity contribution in [3.8, 4) is 11.4 Å². The molecule has 1 aliphatic rings. The highest BCUT2D eigenvalue weighted by atomic mass is 32.2. The first-order valence-electron chi connectivity index (χ1n) is 10.9. The third-order valence-corrected chi connectivity index (χ3v) is 6.44. The number of fused-ring (bicyclic) bond motifs is 1. The molecular formula is C24H25FN6OS. The summed E-state index contributed by atoms with van der Waals surface area (Å²) >= 11 is 1.50. The molecule has 0 spiro atoms. The molecule has 1 aliphatic heterocycles. The van der Waals surface area contributed by atoms with E-state index in [1.54, 1.807) is 6.20 Å². The largest absolute Gasteiger partial charge is 0.490 e. The summed E-state index contributed by atoms with van der Waals surface area (Å²) in [5, 5.41) is 0.764. The van der Waals surface area contributed by atoms with Gasteiger partial charge >= 0.3 is 0 Å². The average molecular weight is 465 g/mol. The number of nitrogens with two attached hydrogens (primary N) is 1. The third-order valence-electron chi connectivity index (χ3n) is 5.80. The lowest BCUT2D eigenvalue weighted by Gasteiger charge is -2.32. The predicted octanol–water partition coefficient (Wildman–Crippen LogP) is 4.30. The van der Waals surface area contributed by atoms with Gasteiger partial charge in [-0.1, -0.05) is 11.8 Å². The van der Waals surface area contributed by atoms with Gasteiger partial charge in [-0.05, 0) is 61.1 Å². The van der Waals surface area contributed by atoms with Gasteiger partial charge in [0.1, 0.15) is 29.0 Å². The molecule has 4 aromatic rings. The molecule has 2 N–H and O–H groups in total. The first-order chi connectivity index (χ1) is 16.1. The molecule has 9 heteroatoms. The fourth-order valence-electron chi connectivity index (χ4n) is 4.19. The second kappa shape index (κ2) is 9.36. The number of hydrogen-bond acceptors (Lipinski definition) is 7. The zero-order valence-corrected chi connectivity index (χ0v) is 19.1. The van der Waals surface area contributed by atoms with Crippen LogP contribution < -0.4 is 10.5 Å². The van der Waals surface area contributed by atoms with Crippen LogP contribution >= 0.6 is 11.8 Å². The summed E-state index contributed by atoms with van der Waals surface area (Å²) in [7, 11) is 0. The van der Waals surface area contributed by atoms with Gasteiger partial charge in [0.25, 0.3) is 0 Å². The molecule has 0 bridgehead atoms. The Balaban J connectivity index is 1.23. The zero-order valence-electron chi connectivity index (χ0n) is 18.3. The monoisotopic (exact) mass is 464 g/mol. The lowest BCUT2D eigenvalue weighted by Crippen LogP contribution is -2.37. The Morgan fingerprint density at radius 2 is 1.91 bits per heavy atom. The van der Waals surface area contributed by atoms with Crippen LogP contribution in [0.5, 0.6) is 5.75 Å². The van der Waals surface area contributed by atoms with Gasteiger partial charge in [0, 0.05) is 37.6 Å². The van der Waals surface area contributed by atoms with E-state index in [2.05, 4.69) is 19.9 Å². The number of pyridine rings is 2. The number of halogens is 1. The van der Waals surface area contributed by atoms with E-state index in [-0.39, 0.29) is 11.9 Å². The smallest absolute Gasteiger partial charge is 0.174 e. The second-order valence-corrected chi connectivity index (χ2v) is 8.88. The van der Waals surface area contributed by atoms with Crippen molar-refractivity contribution in [2.45, 2.75) is 30.6 Å². The van der Waals surface area contributed by atoms with Crippen molar-refractivity contribution in [3.63, 3.8) is 0 Å². The maximum absolute atomic E-state index is 13.6. The molecule has 170 valence electrons. The normalized spacial score (nSPS) is 15.2. The van der Waals surface area contributed by atoms with Gasteiger partial charge in [-0.15, -0.1) is 0 Å². The van der Waals surface area contributed by atoms with Crippen LogP contribution in [-0.2, 0) is 6.54 Å². The highest BCUT2D eigenvalue weighted by Crippen LogP contribution is 2.28. The highest BCUT2D eigenvalue weighted by molar-refractivity contribution is 7.98. The first-order valence-corrected chi connectivity index (χ1v) is 12.1. The van der Waals surface area contributed by atoms with Gasteiger partial charge in [-0.3, -0.25) is 9.47 Å². The fourth-order valence-corrected chi connectivity index (χ4v) is 4.76. The minimum absolute atomic E-state index is 0.190. The summed E-state index contributed by atoms with van der Waals surface area (Å²) in [4.78, 5) is 15.2. The number of ether oxygens (including phenoxy) is 1. The molecule has 33 heavy (non-hydrogen) atoms. The molecule has 3 aromatic heterocycles. The molecule has 1 saturated heterocycles. The lowest BCUT2D eigenvalue weighted by atomic mass is 10.1. The van der Waals surface area contributed by atoms with Crippen LogP contribution in [0.15, 0.2) is 60.0 Å². The predicted molar refractivity (Wildman–Crippen MR) is 128 cm³/mol. The van der Waals surface area contributed by atoms with Crippen molar-refractivity contribution in [1.82, 2.24) is 24.4 Å². The van der Waals surface area contributed by atoms with Crippen LogP contribution in [-0.4, -0.2) is 49.9 Å². The van der Waals surface area contributed by atoms with Gasteiger partial charge in [-0.2, -0.15) is 0 Å². The minimum atomic E-state index is -0.389. The molecule has 5 rings (SSSR count). The Morgan fingerprint density at radius 3 is 2.64 bits per heavy atom. The van der Waals surface area contributed by atoms with E-state index in [1.807, 2.05) is 47.2 Å². The number of imidazole rings is 1. The average Bonchev–Trinajstić information content (AvgIpc) is 3.18. The highest BCUT2D eigenvalue weighted by Gasteiger charge is 2.21. The Morgan fingerprint density at radius 1 is 1.12 bits per heavy atom. The summed E-state index contributed by atoms with van der Waals surface area (Å²) < 4.78 is 21.8. The van der Waals surface area contributed by atoms with Gasteiger partial charge in [0.2, 0.25) is 0 Å². The van der Waals surface area contributed by atoms with Crippen molar-refractivity contribution in [2.24, 2.45) is 0 Å². The zero-order chi connectivity index (χ0) is 22.8. The van der Waals surface area contributed by atoms with Crippen molar-refractivity contribution in [2.75, 3.05) is 25.1 Å². The van der Waals surface area contributed by atoms with Crippen LogP contribution in [0.3, 0.4) is 0 Å². The summed E-state index contributed by atoms with van der Waals surface area (Å²) in [6, 6.07) is 13.3. The Kier molecular flexibility index (Phi) is 6.15. The maximum atomic E-state index is 13.6. The van der Waals surface area contributed by atoms with Crippen molar-refractivity contribution >= 4 is 28.7 Å². The molecule has 7 nitrogen and oxygen atoms in total. The number of nitrogens with zero attached hydrogens (tertiary/aromatic N) is 5. The number of nitrogen functional groups attached to an aromatic ring is 1. The molecule has 0 atom stereocenters. The summed E-state index contributed by atoms with van der Waals surface area (Å²) in [6.07, 6.45) is 7.06. The lowest BCUT2D eigenvalue weighted by molar-refractivity contribution is 0.0968. The number of thioether (sulfide) groups is 1. The first kappa shape index (κ1) is 21.7. The topological polar surface area (TPSA) is 82.1 Å². The summed E-state index contributed by atoms with van der Waals surface area (Å²) in [5.41, 5.74) is 9.07. The molecule has 4 heterocycles. The summed E-state index contributed by atoms with van der Waals surface area (Å²) in [6.45, 7) is 2.83. The number of hydrogen-bond donors (Lipinski definition) is 1. The van der Waals surface area contributed by atoms with Gasteiger partial charge in [0.15, 0.2) is 10.8 Å². The number of anilines is 1. The van der Waals surface area contributed by atoms with Crippen molar-refractivity contribution < 1.29 is 9.13 Å². The molecule has 0 amide bonds. The van der Waals surface area contributed by atoms with E-state index in [0.29, 0.717) is 17.0 Å². The van der Waals surface area contributed by atoms with Crippen LogP contribution in [0.4, 0.5) is 10.2 Å². The second-order valence-electron chi connectivity index (χ2n) is 8.11. The quantitative estimate of drug-likeness (QED) is 0.426. The molecule has 0 aliphatic carbocycles. The fraction of sp³-hybridized carbons (Fsp3) is 0.292. The number of piperidine rings is 1. The third kappa shape index (κ3) is 4.79. The molecule has 1 aromatic carbocycles. The van der Waals surface area contributed by atoms with E-state index in [0.717, 1.165) is 49.1 Å². The molecular weight excluding hydrogens is 439 g/mol. The summed E-state index contributed by atoms with van der Waals surface area (Å²) in [5.74, 6) is 1.01. The van der Waals surface area contributed by atoms with E-state index in [1.165, 1.54) is 29.6 Å². The van der Waals surface area contributed by atoms with Crippen molar-refractivity contribution in [3.05, 3.63) is 66.2 Å². The SMILES string of the molecule is CSc1nc2cc(F)cnc2n1-c1ccc(OC2CCN(Cc3ccnc(N)c3)CC2)cc1. The van der Waals surface area contributed by atoms with Gasteiger partial charge < -0.3 is 10.5 Å². The van der Waals surface area contributed by atoms with E-state index < -0.39 is 0 Å². The van der Waals surface area contributed by atoms with E-state index in [9.17, 15) is 4.39 Å². The van der Waals surface area contributed by atoms with Crippen LogP contribution in [0.2, 0.25) is 0 Å². The van der Waals surface area contributed by atoms with Crippen LogP contribution in [0.1, 0.15) is 18.4 Å². The number of rotatable bonds is 6. The standard InChI is InChI=1S/C24H25FN6OS/c1-33-24-29-21-13-17(25)14-28-23(21)31(24)18-2-4-19(5-3-18)32-20-7-10-30(11-8-20)15-16-6-9-27-22(26)12-16/h2-6,9,12-14,20H,7-8,10-11,15H2,1H3,(H2,26,27). The maximum Gasteiger partial charge on any atom is 0.174 e. The van der Waals surface area contributed by atoms with E-state index >= 15 is 0 Å². The number of benzene rings is 1. The van der Waals surface area contributed by atoms with Gasteiger partial charge in [0.05, 0.1) is 6.20 Å². The Labute approximate surface area is 195 Å². The Bertz CT molecular complexity index is 1250. The van der Waals surface area contributed by atoms with Crippen LogP contribution in [0.25, 0.3) is 16.9 Å². The van der Waals surface area contributed by atoms with Crippen LogP contribution in [0, 0.1) is 5.82 Å². The molecule has 0 unspecified atom stereocenters.